The van der Waals surface area contributed by atoms with Crippen molar-refractivity contribution in [2.75, 3.05) is 18.0 Å². The maximum Gasteiger partial charge on any atom is 0.410 e. The summed E-state index contributed by atoms with van der Waals surface area (Å²) < 4.78 is 24.1. The zero-order valence-electron chi connectivity index (χ0n) is 28.2. The maximum atomic E-state index is 16.1. The third-order valence-corrected chi connectivity index (χ3v) is 9.66. The Balaban J connectivity index is 1.30. The van der Waals surface area contributed by atoms with Crippen LogP contribution in [0.25, 0.3) is 37.4 Å². The van der Waals surface area contributed by atoms with E-state index in [4.69, 9.17) is 15.5 Å². The number of benzene rings is 2. The summed E-state index contributed by atoms with van der Waals surface area (Å²) in [5.74, 6) is -1.44. The molecule has 0 saturated carbocycles. The topological polar surface area (TPSA) is 149 Å². The predicted molar refractivity (Wildman–Crippen MR) is 192 cm³/mol. The average Bonchev–Trinajstić information content (AvgIpc) is 3.73. The summed E-state index contributed by atoms with van der Waals surface area (Å²) in [5.41, 5.74) is 7.59. The first-order valence-electron chi connectivity index (χ1n) is 16.5. The van der Waals surface area contributed by atoms with Crippen LogP contribution in [-0.2, 0) is 16.0 Å². The van der Waals surface area contributed by atoms with E-state index in [0.717, 1.165) is 20.7 Å². The largest absolute Gasteiger partial charge is 0.444 e. The smallest absolute Gasteiger partial charge is 0.410 e. The quantitative estimate of drug-likeness (QED) is 0.203. The lowest BCUT2D eigenvalue weighted by Gasteiger charge is -2.39. The fraction of sp³-hybridized carbons (Fsp3) is 0.270. The first kappa shape index (κ1) is 33.7. The maximum absolute atomic E-state index is 16.1. The molecule has 6 aromatic rings. The number of carbonyl (C=O) groups excluding carboxylic acids is 3. The number of nitrogens with two attached hydrogens (primary N) is 1. The van der Waals surface area contributed by atoms with Crippen LogP contribution in [0.1, 0.15) is 49.5 Å². The van der Waals surface area contributed by atoms with Crippen LogP contribution in [0.5, 0.6) is 0 Å². The number of aromatic nitrogens is 5. The van der Waals surface area contributed by atoms with Gasteiger partial charge in [-0.25, -0.2) is 19.2 Å². The monoisotopic (exact) mass is 706 g/mol. The summed E-state index contributed by atoms with van der Waals surface area (Å²) in [6.07, 6.45) is 3.99. The summed E-state index contributed by atoms with van der Waals surface area (Å²) in [7, 11) is 0. The van der Waals surface area contributed by atoms with E-state index in [1.54, 1.807) is 56.3 Å². The number of fused-ring (bicyclic) bond motifs is 2. The van der Waals surface area contributed by atoms with E-state index in [1.807, 2.05) is 36.4 Å². The molecule has 1 atom stereocenters. The van der Waals surface area contributed by atoms with Gasteiger partial charge < -0.3 is 15.4 Å². The van der Waals surface area contributed by atoms with Crippen molar-refractivity contribution in [2.24, 2.45) is 5.73 Å². The first-order valence-corrected chi connectivity index (χ1v) is 17.3. The molecular formula is C37H35FN8O4S. The van der Waals surface area contributed by atoms with Crippen LogP contribution in [-0.4, -0.2) is 72.5 Å². The van der Waals surface area contributed by atoms with Crippen LogP contribution >= 0.6 is 11.3 Å². The number of anilines is 1. The number of piperidine rings is 1. The van der Waals surface area contributed by atoms with Crippen LogP contribution in [0.15, 0.2) is 79.1 Å². The number of ether oxygens (including phenoxy) is 1. The van der Waals surface area contributed by atoms with Gasteiger partial charge in [-0.2, -0.15) is 4.68 Å². The van der Waals surface area contributed by atoms with Crippen molar-refractivity contribution in [2.45, 2.75) is 51.7 Å². The molecule has 2 aromatic carbocycles. The SMILES string of the molecule is CC(C)(C)OC(=O)N1CCC[C@@H](N(C(=O)c2ccc(-n3nnc4cccnc43)cc2F)c2nccc3sc(-c4cccc(CC(N)=O)c4)cc23)C1. The predicted octanol–water partition coefficient (Wildman–Crippen LogP) is 6.31. The molecule has 2 N–H and O–H groups in total. The minimum atomic E-state index is -0.758. The van der Waals surface area contributed by atoms with Crippen molar-refractivity contribution in [1.82, 2.24) is 29.9 Å². The minimum absolute atomic E-state index is 0.109. The molecule has 0 unspecified atom stereocenters. The van der Waals surface area contributed by atoms with Gasteiger partial charge >= 0.3 is 6.09 Å². The molecule has 14 heteroatoms. The molecular weight excluding hydrogens is 672 g/mol. The lowest BCUT2D eigenvalue weighted by atomic mass is 10.0. The summed E-state index contributed by atoms with van der Waals surface area (Å²) in [5, 5.41) is 8.93. The molecule has 0 spiro atoms. The Hall–Kier alpha value is -5.76. The van der Waals surface area contributed by atoms with Crippen LogP contribution in [0.2, 0.25) is 0 Å². The Morgan fingerprint density at radius 2 is 1.88 bits per heavy atom. The molecule has 0 bridgehead atoms. The number of primary amides is 1. The van der Waals surface area contributed by atoms with Crippen molar-refractivity contribution in [3.05, 3.63) is 96.1 Å². The number of rotatable bonds is 7. The van der Waals surface area contributed by atoms with Gasteiger partial charge in [0, 0.05) is 46.5 Å². The molecule has 0 radical (unpaired) electrons. The number of hydrogen-bond acceptors (Lipinski definition) is 9. The molecule has 3 amide bonds. The van der Waals surface area contributed by atoms with Crippen molar-refractivity contribution < 1.29 is 23.5 Å². The van der Waals surface area contributed by atoms with Crippen molar-refractivity contribution in [3.8, 4) is 16.1 Å². The molecule has 7 rings (SSSR count). The molecule has 1 aliphatic heterocycles. The third kappa shape index (κ3) is 6.99. The van der Waals surface area contributed by atoms with E-state index in [2.05, 4.69) is 15.3 Å². The van der Waals surface area contributed by atoms with E-state index >= 15 is 4.39 Å². The molecule has 260 valence electrons. The zero-order valence-corrected chi connectivity index (χ0v) is 29.1. The number of pyridine rings is 2. The molecule has 1 saturated heterocycles. The lowest BCUT2D eigenvalue weighted by molar-refractivity contribution is -0.117. The first-order chi connectivity index (χ1) is 24.4. The number of nitrogens with zero attached hydrogens (tertiary/aromatic N) is 7. The van der Waals surface area contributed by atoms with Crippen molar-refractivity contribution in [3.63, 3.8) is 0 Å². The molecule has 4 aromatic heterocycles. The number of hydrogen-bond donors (Lipinski definition) is 1. The molecule has 51 heavy (non-hydrogen) atoms. The van der Waals surface area contributed by atoms with Crippen molar-refractivity contribution in [1.29, 1.82) is 0 Å². The second kappa shape index (κ2) is 13.5. The van der Waals surface area contributed by atoms with E-state index in [9.17, 15) is 14.4 Å². The Kier molecular flexibility index (Phi) is 8.93. The number of amides is 3. The Morgan fingerprint density at radius 1 is 1.04 bits per heavy atom. The highest BCUT2D eigenvalue weighted by atomic mass is 32.1. The van der Waals surface area contributed by atoms with Gasteiger partial charge in [0.25, 0.3) is 5.91 Å². The summed E-state index contributed by atoms with van der Waals surface area (Å²) in [6, 6.07) is 18.6. The number of likely N-dealkylation sites (tertiary alicyclic amines) is 1. The van der Waals surface area contributed by atoms with Gasteiger partial charge in [0.1, 0.15) is 22.8 Å². The normalized spacial score (nSPS) is 14.9. The van der Waals surface area contributed by atoms with Gasteiger partial charge in [-0.1, -0.05) is 23.4 Å². The number of carbonyl (C=O) groups is 3. The Bertz CT molecular complexity index is 2300. The number of thiophene rings is 1. The van der Waals surface area contributed by atoms with Gasteiger partial charge in [0.2, 0.25) is 5.91 Å². The highest BCUT2D eigenvalue weighted by Gasteiger charge is 2.36. The van der Waals surface area contributed by atoms with E-state index in [1.165, 1.54) is 33.1 Å². The van der Waals surface area contributed by atoms with Gasteiger partial charge in [-0.3, -0.25) is 14.5 Å². The summed E-state index contributed by atoms with van der Waals surface area (Å²) in [4.78, 5) is 52.5. The lowest BCUT2D eigenvalue weighted by Crippen LogP contribution is -2.53. The zero-order chi connectivity index (χ0) is 35.9. The molecule has 12 nitrogen and oxygen atoms in total. The fourth-order valence-corrected chi connectivity index (χ4v) is 7.34. The molecule has 1 fully saturated rings. The average molecular weight is 707 g/mol. The van der Waals surface area contributed by atoms with Crippen LogP contribution in [0.4, 0.5) is 15.0 Å². The van der Waals surface area contributed by atoms with Crippen LogP contribution in [0.3, 0.4) is 0 Å². The number of halogens is 1. The molecule has 0 aliphatic carbocycles. The van der Waals surface area contributed by atoms with Crippen LogP contribution in [0, 0.1) is 5.82 Å². The Labute approximate surface area is 296 Å². The summed E-state index contributed by atoms with van der Waals surface area (Å²) >= 11 is 1.51. The van der Waals surface area contributed by atoms with Gasteiger partial charge in [0.05, 0.1) is 23.7 Å². The van der Waals surface area contributed by atoms with E-state index in [0.29, 0.717) is 47.4 Å². The van der Waals surface area contributed by atoms with Crippen LogP contribution < -0.4 is 10.6 Å². The second-order valence-electron chi connectivity index (χ2n) is 13.4. The van der Waals surface area contributed by atoms with Gasteiger partial charge in [-0.15, -0.1) is 16.4 Å². The fourth-order valence-electron chi connectivity index (χ4n) is 6.29. The standard InChI is InChI=1S/C37H35FN8O4S/c1-37(2,3)50-36(49)44-16-6-9-25(21-44)45(35(48)26-12-11-24(19-28(26)38)46-34-29(42-43-46)10-5-14-40-34)33-27-20-31(51-30(27)13-15-41-33)23-8-4-7-22(17-23)18-32(39)47/h4-5,7-8,10-15,17,19-20,25H,6,9,16,18,21H2,1-3H3,(H2,39,47)/t25-/m1/s1. The highest BCUT2D eigenvalue weighted by molar-refractivity contribution is 7.22. The molecule has 5 heterocycles. The van der Waals surface area contributed by atoms with Crippen molar-refractivity contribution >= 4 is 56.3 Å². The molecule has 1 aliphatic rings. The summed E-state index contributed by atoms with van der Waals surface area (Å²) in [6.45, 7) is 6.03. The van der Waals surface area contributed by atoms with E-state index in [-0.39, 0.29) is 18.5 Å². The highest BCUT2D eigenvalue weighted by Crippen LogP contribution is 2.39. The Morgan fingerprint density at radius 3 is 2.67 bits per heavy atom. The van der Waals surface area contributed by atoms with Gasteiger partial charge in [0.15, 0.2) is 5.65 Å². The third-order valence-electron chi connectivity index (χ3n) is 8.51. The van der Waals surface area contributed by atoms with Gasteiger partial charge in [-0.05, 0) is 87.2 Å². The van der Waals surface area contributed by atoms with E-state index < -0.39 is 35.4 Å². The second-order valence-corrected chi connectivity index (χ2v) is 14.5. The minimum Gasteiger partial charge on any atom is -0.444 e.